The van der Waals surface area contributed by atoms with Crippen LogP contribution in [0.5, 0.6) is 0 Å². The molecule has 1 unspecified atom stereocenters. The molecule has 1 heterocycles. The Labute approximate surface area is 81.8 Å². The number of carbonyl (C=O) groups excluding carboxylic acids is 1. The summed E-state index contributed by atoms with van der Waals surface area (Å²) in [6, 6.07) is -0.290. The van der Waals surface area contributed by atoms with E-state index in [1.165, 1.54) is 0 Å². The minimum atomic E-state index is -3.31. The molecule has 1 aliphatic rings. The van der Waals surface area contributed by atoms with Crippen LogP contribution in [0.15, 0.2) is 0 Å². The standard InChI is InChI=1S/C9H15F2NO2/c1-6-3-4-14-5-7(6)12-8(13)9(2,10)11/h6-7H,3-5H2,1-2H3,(H,12,13)/t6?,7-/m0/s1. The minimum Gasteiger partial charge on any atom is -0.379 e. The number of hydrogen-bond donors (Lipinski definition) is 1. The van der Waals surface area contributed by atoms with E-state index < -0.39 is 11.8 Å². The van der Waals surface area contributed by atoms with Gasteiger partial charge >= 0.3 is 5.92 Å². The maximum atomic E-state index is 12.5. The first kappa shape index (κ1) is 11.4. The Morgan fingerprint density at radius 3 is 2.71 bits per heavy atom. The van der Waals surface area contributed by atoms with Crippen LogP contribution in [-0.2, 0) is 9.53 Å². The summed E-state index contributed by atoms with van der Waals surface area (Å²) in [5.74, 6) is -4.34. The van der Waals surface area contributed by atoms with Crippen molar-refractivity contribution < 1.29 is 18.3 Å². The normalized spacial score (nSPS) is 28.6. The molecule has 0 radical (unpaired) electrons. The second-order valence-corrected chi connectivity index (χ2v) is 3.81. The highest BCUT2D eigenvalue weighted by atomic mass is 19.3. The Bertz CT molecular complexity index is 215. The van der Waals surface area contributed by atoms with Crippen molar-refractivity contribution in [3.05, 3.63) is 0 Å². The molecule has 5 heteroatoms. The van der Waals surface area contributed by atoms with Crippen LogP contribution >= 0.6 is 0 Å². The van der Waals surface area contributed by atoms with Gasteiger partial charge in [0.05, 0.1) is 12.6 Å². The zero-order valence-electron chi connectivity index (χ0n) is 8.35. The van der Waals surface area contributed by atoms with Gasteiger partial charge in [-0.25, -0.2) is 0 Å². The van der Waals surface area contributed by atoms with Crippen molar-refractivity contribution in [2.24, 2.45) is 5.92 Å². The predicted octanol–water partition coefficient (Wildman–Crippen LogP) is 1.18. The first-order chi connectivity index (χ1) is 6.41. The Morgan fingerprint density at radius 2 is 2.21 bits per heavy atom. The van der Waals surface area contributed by atoms with Gasteiger partial charge in [0, 0.05) is 13.5 Å². The van der Waals surface area contributed by atoms with E-state index in [1.807, 2.05) is 6.92 Å². The zero-order valence-corrected chi connectivity index (χ0v) is 8.35. The number of amides is 1. The van der Waals surface area contributed by atoms with Gasteiger partial charge in [0.2, 0.25) is 0 Å². The van der Waals surface area contributed by atoms with Gasteiger partial charge in [-0.15, -0.1) is 0 Å². The Morgan fingerprint density at radius 1 is 1.57 bits per heavy atom. The lowest BCUT2D eigenvalue weighted by Gasteiger charge is -2.30. The molecule has 1 saturated heterocycles. The summed E-state index contributed by atoms with van der Waals surface area (Å²) in [4.78, 5) is 11.0. The van der Waals surface area contributed by atoms with Crippen LogP contribution in [0.1, 0.15) is 20.3 Å². The summed E-state index contributed by atoms with van der Waals surface area (Å²) in [5, 5.41) is 2.29. The molecule has 0 spiro atoms. The number of carbonyl (C=O) groups is 1. The van der Waals surface area contributed by atoms with Crippen molar-refractivity contribution in [1.82, 2.24) is 5.32 Å². The van der Waals surface area contributed by atoms with E-state index in [2.05, 4.69) is 5.32 Å². The molecule has 1 rings (SSSR count). The van der Waals surface area contributed by atoms with Crippen molar-refractivity contribution >= 4 is 5.91 Å². The second kappa shape index (κ2) is 4.21. The molecule has 3 nitrogen and oxygen atoms in total. The fraction of sp³-hybridized carbons (Fsp3) is 0.889. The Hall–Kier alpha value is -0.710. The fourth-order valence-electron chi connectivity index (χ4n) is 1.32. The zero-order chi connectivity index (χ0) is 10.8. The molecule has 1 amide bonds. The summed E-state index contributed by atoms with van der Waals surface area (Å²) in [6.07, 6.45) is 0.792. The minimum absolute atomic E-state index is 0.190. The van der Waals surface area contributed by atoms with Crippen molar-refractivity contribution in [1.29, 1.82) is 0 Å². The van der Waals surface area contributed by atoms with E-state index in [4.69, 9.17) is 4.74 Å². The van der Waals surface area contributed by atoms with Gasteiger partial charge in [-0.2, -0.15) is 8.78 Å². The maximum Gasteiger partial charge on any atom is 0.321 e. The third-order valence-electron chi connectivity index (χ3n) is 2.42. The quantitative estimate of drug-likeness (QED) is 0.738. The average molecular weight is 207 g/mol. The molecule has 1 fully saturated rings. The van der Waals surface area contributed by atoms with Crippen molar-refractivity contribution in [3.63, 3.8) is 0 Å². The molecule has 0 aromatic rings. The predicted molar refractivity (Wildman–Crippen MR) is 47.2 cm³/mol. The smallest absolute Gasteiger partial charge is 0.321 e. The maximum absolute atomic E-state index is 12.5. The first-order valence-corrected chi connectivity index (χ1v) is 4.68. The van der Waals surface area contributed by atoms with E-state index in [0.717, 1.165) is 6.42 Å². The van der Waals surface area contributed by atoms with E-state index in [-0.39, 0.29) is 12.0 Å². The Kier molecular flexibility index (Phi) is 3.42. The highest BCUT2D eigenvalue weighted by Crippen LogP contribution is 2.17. The molecule has 1 aliphatic heterocycles. The molecule has 2 atom stereocenters. The van der Waals surface area contributed by atoms with Gasteiger partial charge in [0.15, 0.2) is 0 Å². The van der Waals surface area contributed by atoms with Crippen LogP contribution in [0.2, 0.25) is 0 Å². The van der Waals surface area contributed by atoms with Gasteiger partial charge in [-0.05, 0) is 12.3 Å². The van der Waals surface area contributed by atoms with Gasteiger partial charge < -0.3 is 10.1 Å². The lowest BCUT2D eigenvalue weighted by atomic mass is 9.97. The number of rotatable bonds is 2. The molecular formula is C9H15F2NO2. The van der Waals surface area contributed by atoms with Gasteiger partial charge in [0.1, 0.15) is 0 Å². The van der Waals surface area contributed by atoms with Crippen LogP contribution in [0, 0.1) is 5.92 Å². The number of ether oxygens (including phenoxy) is 1. The molecule has 0 aromatic carbocycles. The average Bonchev–Trinajstić information content (AvgIpc) is 2.07. The summed E-state index contributed by atoms with van der Waals surface area (Å²) < 4.78 is 30.2. The van der Waals surface area contributed by atoms with Crippen molar-refractivity contribution in [2.45, 2.75) is 32.2 Å². The van der Waals surface area contributed by atoms with Crippen LogP contribution in [0.25, 0.3) is 0 Å². The molecule has 0 aliphatic carbocycles. The summed E-state index contributed by atoms with van der Waals surface area (Å²) >= 11 is 0. The molecule has 0 saturated carbocycles. The lowest BCUT2D eigenvalue weighted by Crippen LogP contribution is -2.50. The monoisotopic (exact) mass is 207 g/mol. The SMILES string of the molecule is CC1CCOC[C@@H]1NC(=O)C(C)(F)F. The highest BCUT2D eigenvalue weighted by Gasteiger charge is 2.35. The van der Waals surface area contributed by atoms with Crippen LogP contribution in [0.4, 0.5) is 8.78 Å². The summed E-state index contributed by atoms with van der Waals surface area (Å²) in [7, 11) is 0. The Balaban J connectivity index is 2.46. The second-order valence-electron chi connectivity index (χ2n) is 3.81. The van der Waals surface area contributed by atoms with Gasteiger partial charge in [-0.1, -0.05) is 6.92 Å². The number of hydrogen-bond acceptors (Lipinski definition) is 2. The number of halogens is 2. The fourth-order valence-corrected chi connectivity index (χ4v) is 1.32. The molecule has 1 N–H and O–H groups in total. The molecule has 82 valence electrons. The van der Waals surface area contributed by atoms with E-state index in [1.54, 1.807) is 0 Å². The van der Waals surface area contributed by atoms with Gasteiger partial charge in [-0.3, -0.25) is 4.79 Å². The van der Waals surface area contributed by atoms with Crippen LogP contribution in [0.3, 0.4) is 0 Å². The topological polar surface area (TPSA) is 38.3 Å². The lowest BCUT2D eigenvalue weighted by molar-refractivity contribution is -0.145. The van der Waals surface area contributed by atoms with E-state index in [0.29, 0.717) is 20.1 Å². The first-order valence-electron chi connectivity index (χ1n) is 4.68. The molecule has 0 aromatic heterocycles. The highest BCUT2D eigenvalue weighted by molar-refractivity contribution is 5.83. The molecule has 0 bridgehead atoms. The molecular weight excluding hydrogens is 192 g/mol. The number of nitrogens with one attached hydrogen (secondary N) is 1. The largest absolute Gasteiger partial charge is 0.379 e. The van der Waals surface area contributed by atoms with E-state index >= 15 is 0 Å². The van der Waals surface area contributed by atoms with Crippen molar-refractivity contribution in [3.8, 4) is 0 Å². The third-order valence-corrected chi connectivity index (χ3v) is 2.42. The summed E-state index contributed by atoms with van der Waals surface area (Å²) in [6.45, 7) is 3.47. The van der Waals surface area contributed by atoms with Crippen LogP contribution < -0.4 is 5.32 Å². The molecule has 14 heavy (non-hydrogen) atoms. The van der Waals surface area contributed by atoms with E-state index in [9.17, 15) is 13.6 Å². The van der Waals surface area contributed by atoms with Crippen LogP contribution in [-0.4, -0.2) is 31.1 Å². The summed E-state index contributed by atoms with van der Waals surface area (Å²) in [5.41, 5.74) is 0. The third kappa shape index (κ3) is 2.90. The van der Waals surface area contributed by atoms with Crippen molar-refractivity contribution in [2.75, 3.05) is 13.2 Å². The number of alkyl halides is 2. The van der Waals surface area contributed by atoms with Gasteiger partial charge in [0.25, 0.3) is 5.91 Å².